The van der Waals surface area contributed by atoms with Gasteiger partial charge in [0.2, 0.25) is 0 Å². The predicted molar refractivity (Wildman–Crippen MR) is 93.4 cm³/mol. The first-order chi connectivity index (χ1) is 10.3. The summed E-state index contributed by atoms with van der Waals surface area (Å²) < 4.78 is 0. The SMILES string of the molecule is C=C(N/C=C(\C)C(=O)O)SCC=O.Cc1ccc(Cl)cc1Cl. The summed E-state index contributed by atoms with van der Waals surface area (Å²) in [5.41, 5.74) is 1.24. The van der Waals surface area contributed by atoms with Crippen LogP contribution in [0.3, 0.4) is 0 Å². The van der Waals surface area contributed by atoms with E-state index >= 15 is 0 Å². The van der Waals surface area contributed by atoms with E-state index in [1.807, 2.05) is 19.1 Å². The van der Waals surface area contributed by atoms with Crippen LogP contribution in [0.15, 0.2) is 41.6 Å². The van der Waals surface area contributed by atoms with E-state index < -0.39 is 5.97 Å². The number of carboxylic acids is 1. The van der Waals surface area contributed by atoms with E-state index in [-0.39, 0.29) is 5.57 Å². The fourth-order valence-electron chi connectivity index (χ4n) is 0.994. The smallest absolute Gasteiger partial charge is 0.332 e. The first-order valence-electron chi connectivity index (χ1n) is 6.11. The molecule has 0 aliphatic carbocycles. The van der Waals surface area contributed by atoms with Gasteiger partial charge in [0.05, 0.1) is 10.8 Å². The molecular formula is C15H17Cl2NO3S. The van der Waals surface area contributed by atoms with Crippen LogP contribution >= 0.6 is 35.0 Å². The van der Waals surface area contributed by atoms with E-state index in [0.717, 1.165) is 16.9 Å². The molecule has 0 unspecified atom stereocenters. The van der Waals surface area contributed by atoms with Crippen molar-refractivity contribution < 1.29 is 14.7 Å². The number of nitrogens with one attached hydrogen (secondary N) is 1. The van der Waals surface area contributed by atoms with E-state index in [2.05, 4.69) is 11.9 Å². The summed E-state index contributed by atoms with van der Waals surface area (Å²) in [6.07, 6.45) is 2.09. The van der Waals surface area contributed by atoms with Crippen LogP contribution in [0, 0.1) is 6.92 Å². The lowest BCUT2D eigenvalue weighted by molar-refractivity contribution is -0.132. The Morgan fingerprint density at radius 2 is 2.09 bits per heavy atom. The van der Waals surface area contributed by atoms with Crippen molar-refractivity contribution >= 4 is 47.2 Å². The van der Waals surface area contributed by atoms with Gasteiger partial charge in [0.15, 0.2) is 0 Å². The Morgan fingerprint density at radius 1 is 1.45 bits per heavy atom. The van der Waals surface area contributed by atoms with Crippen molar-refractivity contribution in [1.82, 2.24) is 5.32 Å². The molecule has 0 atom stereocenters. The van der Waals surface area contributed by atoms with Crippen molar-refractivity contribution in [1.29, 1.82) is 0 Å². The summed E-state index contributed by atoms with van der Waals surface area (Å²) in [6.45, 7) is 6.99. The third kappa shape index (κ3) is 9.50. The molecule has 0 amide bonds. The van der Waals surface area contributed by atoms with Crippen LogP contribution in [0.25, 0.3) is 0 Å². The highest BCUT2D eigenvalue weighted by Gasteiger charge is 1.98. The van der Waals surface area contributed by atoms with Gasteiger partial charge in [-0.05, 0) is 31.5 Å². The Kier molecular flexibility index (Phi) is 10.5. The molecule has 0 saturated carbocycles. The molecule has 0 aromatic heterocycles. The maximum Gasteiger partial charge on any atom is 0.332 e. The van der Waals surface area contributed by atoms with Crippen LogP contribution in [0.5, 0.6) is 0 Å². The van der Waals surface area contributed by atoms with Crippen LogP contribution in [0.1, 0.15) is 12.5 Å². The Balaban J connectivity index is 0.000000425. The molecule has 2 N–H and O–H groups in total. The maximum absolute atomic E-state index is 10.3. The summed E-state index contributed by atoms with van der Waals surface area (Å²) in [7, 11) is 0. The highest BCUT2D eigenvalue weighted by Crippen LogP contribution is 2.19. The summed E-state index contributed by atoms with van der Waals surface area (Å²) in [4.78, 5) is 20.3. The van der Waals surface area contributed by atoms with Crippen molar-refractivity contribution in [3.05, 3.63) is 57.2 Å². The standard InChI is InChI=1S/C8H11NO3S.C7H6Cl2/c1-6(8(11)12)5-9-7(2)13-4-3-10;1-5-2-3-6(8)4-7(5)9/h3,5,9H,2,4H2,1H3,(H,11,12);2-4H,1H3/b6-5+;. The second-order valence-corrected chi connectivity index (χ2v) is 6.03. The van der Waals surface area contributed by atoms with Gasteiger partial charge in [-0.25, -0.2) is 4.79 Å². The number of rotatable bonds is 6. The number of halogens is 2. The molecule has 22 heavy (non-hydrogen) atoms. The van der Waals surface area contributed by atoms with E-state index in [1.165, 1.54) is 24.9 Å². The molecule has 0 saturated heterocycles. The maximum atomic E-state index is 10.3. The van der Waals surface area contributed by atoms with Gasteiger partial charge in [0.1, 0.15) is 6.29 Å². The number of carboxylic acid groups (broad SMARTS) is 1. The third-order valence-corrected chi connectivity index (χ3v) is 3.66. The van der Waals surface area contributed by atoms with Gasteiger partial charge in [-0.1, -0.05) is 35.8 Å². The van der Waals surface area contributed by atoms with Gasteiger partial charge in [-0.2, -0.15) is 0 Å². The lowest BCUT2D eigenvalue weighted by Gasteiger charge is -2.02. The molecule has 1 aromatic carbocycles. The summed E-state index contributed by atoms with van der Waals surface area (Å²) in [5.74, 6) is -0.674. The van der Waals surface area contributed by atoms with E-state index in [9.17, 15) is 9.59 Å². The molecule has 1 rings (SSSR count). The summed E-state index contributed by atoms with van der Waals surface area (Å²) in [5, 5.41) is 13.1. The van der Waals surface area contributed by atoms with E-state index in [4.69, 9.17) is 28.3 Å². The number of carbonyl (C=O) groups is 2. The lowest BCUT2D eigenvalue weighted by Crippen LogP contribution is -2.06. The first-order valence-corrected chi connectivity index (χ1v) is 7.85. The summed E-state index contributed by atoms with van der Waals surface area (Å²) >= 11 is 12.6. The second-order valence-electron chi connectivity index (χ2n) is 4.07. The summed E-state index contributed by atoms with van der Waals surface area (Å²) in [6, 6.07) is 5.45. The largest absolute Gasteiger partial charge is 0.478 e. The van der Waals surface area contributed by atoms with Crippen LogP contribution < -0.4 is 5.32 Å². The average molecular weight is 362 g/mol. The fraction of sp³-hybridized carbons (Fsp3) is 0.200. The minimum atomic E-state index is -0.985. The van der Waals surface area contributed by atoms with Crippen molar-refractivity contribution in [3.8, 4) is 0 Å². The molecule has 0 aliphatic rings. The topological polar surface area (TPSA) is 66.4 Å². The number of aliphatic carboxylic acids is 1. The zero-order valence-corrected chi connectivity index (χ0v) is 14.6. The number of hydrogen-bond donors (Lipinski definition) is 2. The molecule has 4 nitrogen and oxygen atoms in total. The van der Waals surface area contributed by atoms with Crippen molar-refractivity contribution in [2.75, 3.05) is 5.75 Å². The Bertz CT molecular complexity index is 574. The Hall–Kier alpha value is -1.43. The Morgan fingerprint density at radius 3 is 2.55 bits per heavy atom. The molecule has 1 aromatic rings. The molecule has 0 heterocycles. The Labute approximate surface area is 144 Å². The normalized spacial score (nSPS) is 10.3. The highest BCUT2D eigenvalue weighted by atomic mass is 35.5. The quantitative estimate of drug-likeness (QED) is 0.584. The molecule has 0 radical (unpaired) electrons. The van der Waals surface area contributed by atoms with Gasteiger partial charge >= 0.3 is 5.97 Å². The van der Waals surface area contributed by atoms with Crippen LogP contribution in [0.2, 0.25) is 10.0 Å². The van der Waals surface area contributed by atoms with E-state index in [1.54, 1.807) is 6.07 Å². The van der Waals surface area contributed by atoms with Gasteiger partial charge in [-0.3, -0.25) is 0 Å². The minimum absolute atomic E-state index is 0.188. The molecule has 0 spiro atoms. The highest BCUT2D eigenvalue weighted by molar-refractivity contribution is 8.03. The zero-order chi connectivity index (χ0) is 17.1. The van der Waals surface area contributed by atoms with Crippen LogP contribution in [0.4, 0.5) is 0 Å². The zero-order valence-electron chi connectivity index (χ0n) is 12.2. The monoisotopic (exact) mass is 361 g/mol. The predicted octanol–water partition coefficient (Wildman–Crippen LogP) is 4.27. The van der Waals surface area contributed by atoms with Gasteiger partial charge < -0.3 is 15.2 Å². The molecule has 0 aliphatic heterocycles. The third-order valence-electron chi connectivity index (χ3n) is 2.25. The minimum Gasteiger partial charge on any atom is -0.478 e. The van der Waals surface area contributed by atoms with E-state index in [0.29, 0.717) is 15.8 Å². The van der Waals surface area contributed by atoms with Crippen molar-refractivity contribution in [2.24, 2.45) is 0 Å². The molecule has 0 fully saturated rings. The molecule has 120 valence electrons. The molecular weight excluding hydrogens is 345 g/mol. The lowest BCUT2D eigenvalue weighted by atomic mass is 10.2. The van der Waals surface area contributed by atoms with Crippen molar-refractivity contribution in [3.63, 3.8) is 0 Å². The molecule has 7 heteroatoms. The van der Waals surface area contributed by atoms with Gasteiger partial charge in [0, 0.05) is 21.8 Å². The molecule has 0 bridgehead atoms. The number of aldehydes is 1. The van der Waals surface area contributed by atoms with Gasteiger partial charge in [0.25, 0.3) is 0 Å². The second kappa shape index (κ2) is 11.2. The van der Waals surface area contributed by atoms with Crippen molar-refractivity contribution in [2.45, 2.75) is 13.8 Å². The number of hydrogen-bond acceptors (Lipinski definition) is 4. The average Bonchev–Trinajstić information content (AvgIpc) is 2.47. The number of carbonyl (C=O) groups excluding carboxylic acids is 1. The fourth-order valence-corrected chi connectivity index (χ4v) is 1.81. The number of aryl methyl sites for hydroxylation is 1. The van der Waals surface area contributed by atoms with Gasteiger partial charge in [-0.15, -0.1) is 11.8 Å². The van der Waals surface area contributed by atoms with Crippen LogP contribution in [-0.4, -0.2) is 23.1 Å². The van der Waals surface area contributed by atoms with Crippen LogP contribution in [-0.2, 0) is 9.59 Å². The number of benzene rings is 1. The first kappa shape index (κ1) is 20.6. The number of thioether (sulfide) groups is 1.